The molecule has 0 radical (unpaired) electrons. The van der Waals surface area contributed by atoms with Crippen LogP contribution in [0.5, 0.6) is 0 Å². The number of Topliss-reactive ketones (excluding diaryl/α,β-unsaturated/α-hetero) is 1. The molecule has 106 valence electrons. The van der Waals surface area contributed by atoms with Crippen LogP contribution in [0.1, 0.15) is 45.5 Å². The van der Waals surface area contributed by atoms with Crippen molar-refractivity contribution < 1.29 is 14.3 Å². The van der Waals surface area contributed by atoms with Crippen molar-refractivity contribution in [2.45, 2.75) is 25.7 Å². The molecule has 2 aliphatic rings. The van der Waals surface area contributed by atoms with E-state index in [4.69, 9.17) is 4.74 Å². The van der Waals surface area contributed by atoms with E-state index >= 15 is 0 Å². The molecule has 1 heterocycles. The molecule has 1 amide bonds. The molecule has 1 saturated heterocycles. The van der Waals surface area contributed by atoms with Gasteiger partial charge in [-0.15, -0.1) is 0 Å². The van der Waals surface area contributed by atoms with Crippen LogP contribution < -0.4 is 5.32 Å². The van der Waals surface area contributed by atoms with Crippen molar-refractivity contribution in [2.24, 2.45) is 5.92 Å². The van der Waals surface area contributed by atoms with Gasteiger partial charge in [-0.25, -0.2) is 0 Å². The van der Waals surface area contributed by atoms with E-state index in [-0.39, 0.29) is 11.7 Å². The molecule has 20 heavy (non-hydrogen) atoms. The average molecular weight is 273 g/mol. The smallest absolute Gasteiger partial charge is 0.251 e. The van der Waals surface area contributed by atoms with Crippen LogP contribution in [0.4, 0.5) is 0 Å². The lowest BCUT2D eigenvalue weighted by molar-refractivity contribution is 0.0948. The Kier molecular flexibility index (Phi) is 3.83. The second-order valence-corrected chi connectivity index (χ2v) is 5.53. The summed E-state index contributed by atoms with van der Waals surface area (Å²) in [6.07, 6.45) is 3.26. The number of carbonyl (C=O) groups excluding carboxylic acids is 2. The van der Waals surface area contributed by atoms with Gasteiger partial charge < -0.3 is 10.1 Å². The molecule has 1 N–H and O–H groups in total. The zero-order valence-electron chi connectivity index (χ0n) is 11.5. The first-order valence-electron chi connectivity index (χ1n) is 7.27. The minimum absolute atomic E-state index is 0.0598. The fourth-order valence-corrected chi connectivity index (χ4v) is 3.00. The summed E-state index contributed by atoms with van der Waals surface area (Å²) in [5, 5.41) is 2.96. The summed E-state index contributed by atoms with van der Waals surface area (Å²) in [6.45, 7) is 2.32. The van der Waals surface area contributed by atoms with Crippen molar-refractivity contribution in [3.63, 3.8) is 0 Å². The van der Waals surface area contributed by atoms with Crippen LogP contribution in [0.15, 0.2) is 18.2 Å². The third-order valence-corrected chi connectivity index (χ3v) is 4.19. The molecule has 1 aliphatic heterocycles. The number of rotatable bonds is 4. The number of carbonyl (C=O) groups is 2. The van der Waals surface area contributed by atoms with Gasteiger partial charge in [-0.2, -0.15) is 0 Å². The predicted molar refractivity (Wildman–Crippen MR) is 75.0 cm³/mol. The number of ether oxygens (including phenoxy) is 1. The third-order valence-electron chi connectivity index (χ3n) is 4.19. The molecule has 0 aromatic heterocycles. The molecule has 0 bridgehead atoms. The quantitative estimate of drug-likeness (QED) is 0.912. The highest BCUT2D eigenvalue weighted by Gasteiger charge is 2.24. The standard InChI is InChI=1S/C16H19NO3/c18-15-5-4-12-13(15)2-1-3-14(12)16(19)17-8-6-11-7-9-20-10-11/h1-3,11H,4-10H2,(H,17,19)/t11-/m0/s1. The van der Waals surface area contributed by atoms with Crippen molar-refractivity contribution in [3.8, 4) is 0 Å². The monoisotopic (exact) mass is 273 g/mol. The van der Waals surface area contributed by atoms with Gasteiger partial charge in [-0.3, -0.25) is 9.59 Å². The molecule has 3 rings (SSSR count). The highest BCUT2D eigenvalue weighted by molar-refractivity contribution is 6.05. The van der Waals surface area contributed by atoms with E-state index in [0.717, 1.165) is 37.2 Å². The molecule has 4 heteroatoms. The molecule has 1 aliphatic carbocycles. The second kappa shape index (κ2) is 5.75. The topological polar surface area (TPSA) is 55.4 Å². The first kappa shape index (κ1) is 13.3. The van der Waals surface area contributed by atoms with Crippen LogP contribution in [-0.4, -0.2) is 31.4 Å². The fourth-order valence-electron chi connectivity index (χ4n) is 3.00. The van der Waals surface area contributed by atoms with Gasteiger partial charge in [0.2, 0.25) is 0 Å². The molecule has 1 aromatic carbocycles. The molecule has 1 fully saturated rings. The van der Waals surface area contributed by atoms with Crippen molar-refractivity contribution >= 4 is 11.7 Å². The first-order chi connectivity index (χ1) is 9.75. The molecular weight excluding hydrogens is 254 g/mol. The summed E-state index contributed by atoms with van der Waals surface area (Å²) in [5.74, 6) is 0.659. The van der Waals surface area contributed by atoms with Crippen molar-refractivity contribution in [1.82, 2.24) is 5.32 Å². The van der Waals surface area contributed by atoms with Gasteiger partial charge in [-0.1, -0.05) is 12.1 Å². The molecule has 4 nitrogen and oxygen atoms in total. The maximum Gasteiger partial charge on any atom is 0.251 e. The number of hydrogen-bond acceptors (Lipinski definition) is 3. The van der Waals surface area contributed by atoms with Gasteiger partial charge >= 0.3 is 0 Å². The highest BCUT2D eigenvalue weighted by Crippen LogP contribution is 2.25. The third kappa shape index (κ3) is 2.61. The minimum Gasteiger partial charge on any atom is -0.381 e. The van der Waals surface area contributed by atoms with E-state index in [9.17, 15) is 9.59 Å². The highest BCUT2D eigenvalue weighted by atomic mass is 16.5. The lowest BCUT2D eigenvalue weighted by atomic mass is 10.0. The Bertz CT molecular complexity index is 533. The Balaban J connectivity index is 1.61. The lowest BCUT2D eigenvalue weighted by Crippen LogP contribution is -2.27. The maximum absolute atomic E-state index is 12.2. The van der Waals surface area contributed by atoms with E-state index in [2.05, 4.69) is 5.32 Å². The van der Waals surface area contributed by atoms with Crippen LogP contribution in [0.2, 0.25) is 0 Å². The van der Waals surface area contributed by atoms with Crippen LogP contribution >= 0.6 is 0 Å². The summed E-state index contributed by atoms with van der Waals surface area (Å²) in [6, 6.07) is 5.42. The zero-order chi connectivity index (χ0) is 13.9. The summed E-state index contributed by atoms with van der Waals surface area (Å²) in [5.41, 5.74) is 2.30. The molecule has 1 atom stereocenters. The van der Waals surface area contributed by atoms with Gasteiger partial charge in [0, 0.05) is 37.3 Å². The van der Waals surface area contributed by atoms with E-state index in [1.54, 1.807) is 6.07 Å². The van der Waals surface area contributed by atoms with Gasteiger partial charge in [0.15, 0.2) is 5.78 Å². The fraction of sp³-hybridized carbons (Fsp3) is 0.500. The van der Waals surface area contributed by atoms with Crippen LogP contribution in [0, 0.1) is 5.92 Å². The van der Waals surface area contributed by atoms with E-state index in [0.29, 0.717) is 30.9 Å². The Morgan fingerprint density at radius 2 is 2.25 bits per heavy atom. The number of ketones is 1. The molecular formula is C16H19NO3. The van der Waals surface area contributed by atoms with Crippen molar-refractivity contribution in [2.75, 3.05) is 19.8 Å². The largest absolute Gasteiger partial charge is 0.381 e. The summed E-state index contributed by atoms with van der Waals surface area (Å²) >= 11 is 0. The van der Waals surface area contributed by atoms with Gasteiger partial charge in [0.25, 0.3) is 5.91 Å². The SMILES string of the molecule is O=C1CCc2c1cccc2C(=O)NCC[C@H]1CCOC1. The number of amides is 1. The van der Waals surface area contributed by atoms with Crippen molar-refractivity contribution in [1.29, 1.82) is 0 Å². The molecule has 0 spiro atoms. The van der Waals surface area contributed by atoms with Crippen molar-refractivity contribution in [3.05, 3.63) is 34.9 Å². The second-order valence-electron chi connectivity index (χ2n) is 5.53. The molecule has 1 aromatic rings. The Morgan fingerprint density at radius 1 is 1.35 bits per heavy atom. The minimum atomic E-state index is -0.0598. The zero-order valence-corrected chi connectivity index (χ0v) is 11.5. The molecule has 0 unspecified atom stereocenters. The number of hydrogen-bond donors (Lipinski definition) is 1. The predicted octanol–water partition coefficient (Wildman–Crippen LogP) is 1.97. The van der Waals surface area contributed by atoms with Crippen LogP contribution in [0.3, 0.4) is 0 Å². The van der Waals surface area contributed by atoms with E-state index in [1.807, 2.05) is 12.1 Å². The number of benzene rings is 1. The lowest BCUT2D eigenvalue weighted by Gasteiger charge is -2.11. The van der Waals surface area contributed by atoms with E-state index in [1.165, 1.54) is 0 Å². The Hall–Kier alpha value is -1.68. The summed E-state index contributed by atoms with van der Waals surface area (Å²) in [4.78, 5) is 23.9. The molecule has 0 saturated carbocycles. The van der Waals surface area contributed by atoms with E-state index < -0.39 is 0 Å². The van der Waals surface area contributed by atoms with Gasteiger partial charge in [0.05, 0.1) is 0 Å². The number of fused-ring (bicyclic) bond motifs is 1. The summed E-state index contributed by atoms with van der Waals surface area (Å²) < 4.78 is 5.32. The Morgan fingerprint density at radius 3 is 3.05 bits per heavy atom. The van der Waals surface area contributed by atoms with Crippen LogP contribution in [-0.2, 0) is 11.2 Å². The van der Waals surface area contributed by atoms with Gasteiger partial charge in [0.1, 0.15) is 0 Å². The number of nitrogens with one attached hydrogen (secondary N) is 1. The summed E-state index contributed by atoms with van der Waals surface area (Å²) in [7, 11) is 0. The Labute approximate surface area is 118 Å². The van der Waals surface area contributed by atoms with Crippen LogP contribution in [0.25, 0.3) is 0 Å². The van der Waals surface area contributed by atoms with Gasteiger partial charge in [-0.05, 0) is 36.8 Å². The maximum atomic E-state index is 12.2. The average Bonchev–Trinajstić information content (AvgIpc) is 3.09. The normalized spacial score (nSPS) is 21.0. The first-order valence-corrected chi connectivity index (χ1v) is 7.27.